The van der Waals surface area contributed by atoms with E-state index in [0.29, 0.717) is 13.0 Å². The van der Waals surface area contributed by atoms with Crippen LogP contribution in [0.15, 0.2) is 29.4 Å². The lowest BCUT2D eigenvalue weighted by Gasteiger charge is -2.17. The highest BCUT2D eigenvalue weighted by Gasteiger charge is 1.99. The molecule has 0 aliphatic rings. The Morgan fingerprint density at radius 2 is 2.17 bits per heavy atom. The largest absolute Gasteiger partial charge is 0.374 e. The molecule has 1 aromatic carbocycles. The zero-order valence-electron chi connectivity index (χ0n) is 10.6. The van der Waals surface area contributed by atoms with E-state index >= 15 is 0 Å². The molecule has 1 amide bonds. The first-order valence-corrected chi connectivity index (χ1v) is 5.61. The summed E-state index contributed by atoms with van der Waals surface area (Å²) in [5.74, 6) is -0.195. The average Bonchev–Trinajstić information content (AvgIpc) is 2.36. The molecule has 0 atom stereocenters. The standard InChI is InChI=1S/C13H16N4O/c1-11(18)16-15-10-12-4-6-13(7-5-12)17(2)9-3-8-14/h4-7,10H,3,9H2,1-2H3,(H,16,18)/b15-10-. The molecular weight excluding hydrogens is 228 g/mol. The van der Waals surface area contributed by atoms with Gasteiger partial charge in [-0.2, -0.15) is 10.4 Å². The molecule has 0 radical (unpaired) electrons. The minimum Gasteiger partial charge on any atom is -0.374 e. The van der Waals surface area contributed by atoms with E-state index in [4.69, 9.17) is 5.26 Å². The van der Waals surface area contributed by atoms with Gasteiger partial charge in [0.25, 0.3) is 0 Å². The fourth-order valence-electron chi connectivity index (χ4n) is 1.36. The summed E-state index contributed by atoms with van der Waals surface area (Å²) >= 11 is 0. The number of hydrazone groups is 1. The van der Waals surface area contributed by atoms with Gasteiger partial charge in [0.1, 0.15) is 0 Å². The summed E-state index contributed by atoms with van der Waals surface area (Å²) in [4.78, 5) is 12.6. The summed E-state index contributed by atoms with van der Waals surface area (Å²) in [7, 11) is 1.94. The average molecular weight is 244 g/mol. The smallest absolute Gasteiger partial charge is 0.236 e. The number of hydrogen-bond donors (Lipinski definition) is 1. The SMILES string of the molecule is CC(=O)N/N=C\c1ccc(N(C)CCC#N)cc1. The second-order valence-corrected chi connectivity index (χ2v) is 3.85. The van der Waals surface area contributed by atoms with Crippen molar-refractivity contribution in [3.63, 3.8) is 0 Å². The Bertz CT molecular complexity index is 459. The van der Waals surface area contributed by atoms with E-state index in [2.05, 4.69) is 16.6 Å². The van der Waals surface area contributed by atoms with Crippen molar-refractivity contribution in [1.82, 2.24) is 5.43 Å². The molecule has 0 fully saturated rings. The highest BCUT2D eigenvalue weighted by molar-refractivity contribution is 5.82. The number of carbonyl (C=O) groups excluding carboxylic acids is 1. The van der Waals surface area contributed by atoms with Crippen LogP contribution in [-0.4, -0.2) is 25.7 Å². The van der Waals surface area contributed by atoms with Crippen LogP contribution >= 0.6 is 0 Å². The maximum Gasteiger partial charge on any atom is 0.236 e. The predicted molar refractivity (Wildman–Crippen MR) is 71.4 cm³/mol. The third-order valence-electron chi connectivity index (χ3n) is 2.33. The maximum atomic E-state index is 10.6. The van der Waals surface area contributed by atoms with Gasteiger partial charge >= 0.3 is 0 Å². The van der Waals surface area contributed by atoms with E-state index in [1.807, 2.05) is 36.2 Å². The number of amides is 1. The number of nitrogens with one attached hydrogen (secondary N) is 1. The maximum absolute atomic E-state index is 10.6. The summed E-state index contributed by atoms with van der Waals surface area (Å²) in [5.41, 5.74) is 4.29. The van der Waals surface area contributed by atoms with Crippen molar-refractivity contribution >= 4 is 17.8 Å². The van der Waals surface area contributed by atoms with Gasteiger partial charge in [-0.3, -0.25) is 4.79 Å². The van der Waals surface area contributed by atoms with Gasteiger partial charge < -0.3 is 4.90 Å². The molecule has 1 N–H and O–H groups in total. The van der Waals surface area contributed by atoms with E-state index < -0.39 is 0 Å². The Kier molecular flexibility index (Phi) is 5.39. The zero-order chi connectivity index (χ0) is 13.4. The lowest BCUT2D eigenvalue weighted by molar-refractivity contribution is -0.118. The van der Waals surface area contributed by atoms with E-state index in [9.17, 15) is 4.79 Å². The van der Waals surface area contributed by atoms with E-state index in [0.717, 1.165) is 11.3 Å². The van der Waals surface area contributed by atoms with Crippen LogP contribution in [0.2, 0.25) is 0 Å². The fourth-order valence-corrected chi connectivity index (χ4v) is 1.36. The van der Waals surface area contributed by atoms with Crippen LogP contribution < -0.4 is 10.3 Å². The lowest BCUT2D eigenvalue weighted by atomic mass is 10.2. The zero-order valence-corrected chi connectivity index (χ0v) is 10.6. The Balaban J connectivity index is 2.60. The number of carbonyl (C=O) groups is 1. The Labute approximate surface area is 107 Å². The molecule has 5 nitrogen and oxygen atoms in total. The molecule has 0 aliphatic carbocycles. The molecule has 0 saturated heterocycles. The van der Waals surface area contributed by atoms with Crippen LogP contribution in [0.1, 0.15) is 18.9 Å². The topological polar surface area (TPSA) is 68.5 Å². The van der Waals surface area contributed by atoms with Crippen molar-refractivity contribution in [2.75, 3.05) is 18.5 Å². The number of rotatable bonds is 5. The van der Waals surface area contributed by atoms with Gasteiger partial charge in [0.05, 0.1) is 18.7 Å². The normalized spacial score (nSPS) is 10.1. The number of benzene rings is 1. The molecule has 0 aliphatic heterocycles. The van der Waals surface area contributed by atoms with Crippen LogP contribution in [0.5, 0.6) is 0 Å². The Morgan fingerprint density at radius 3 is 2.72 bits per heavy atom. The van der Waals surface area contributed by atoms with Gasteiger partial charge in [-0.1, -0.05) is 12.1 Å². The number of hydrogen-bond acceptors (Lipinski definition) is 4. The third-order valence-corrected chi connectivity index (χ3v) is 2.33. The molecule has 5 heteroatoms. The number of nitrogens with zero attached hydrogens (tertiary/aromatic N) is 3. The lowest BCUT2D eigenvalue weighted by Crippen LogP contribution is -2.17. The first-order chi connectivity index (χ1) is 8.63. The van der Waals surface area contributed by atoms with Crippen molar-refractivity contribution < 1.29 is 4.79 Å². The second-order valence-electron chi connectivity index (χ2n) is 3.85. The third kappa shape index (κ3) is 4.66. The fraction of sp³-hybridized carbons (Fsp3) is 0.308. The highest BCUT2D eigenvalue weighted by Crippen LogP contribution is 2.13. The van der Waals surface area contributed by atoms with E-state index in [1.54, 1.807) is 6.21 Å². The van der Waals surface area contributed by atoms with Crippen LogP contribution in [0.4, 0.5) is 5.69 Å². The molecule has 0 spiro atoms. The minimum atomic E-state index is -0.195. The van der Waals surface area contributed by atoms with Crippen LogP contribution in [0.3, 0.4) is 0 Å². The van der Waals surface area contributed by atoms with Gasteiger partial charge in [0.15, 0.2) is 0 Å². The van der Waals surface area contributed by atoms with Crippen molar-refractivity contribution in [3.05, 3.63) is 29.8 Å². The molecule has 0 saturated carbocycles. The van der Waals surface area contributed by atoms with Crippen LogP contribution in [0.25, 0.3) is 0 Å². The molecule has 18 heavy (non-hydrogen) atoms. The van der Waals surface area contributed by atoms with E-state index in [1.165, 1.54) is 6.92 Å². The Hall–Kier alpha value is -2.35. The molecular formula is C13H16N4O. The van der Waals surface area contributed by atoms with Gasteiger partial charge in [-0.05, 0) is 17.7 Å². The van der Waals surface area contributed by atoms with E-state index in [-0.39, 0.29) is 5.91 Å². The number of anilines is 1. The summed E-state index contributed by atoms with van der Waals surface area (Å²) < 4.78 is 0. The van der Waals surface area contributed by atoms with Gasteiger partial charge in [0, 0.05) is 26.2 Å². The molecule has 94 valence electrons. The minimum absolute atomic E-state index is 0.195. The molecule has 0 bridgehead atoms. The van der Waals surface area contributed by atoms with Crippen molar-refractivity contribution in [3.8, 4) is 6.07 Å². The van der Waals surface area contributed by atoms with Crippen molar-refractivity contribution in [2.24, 2.45) is 5.10 Å². The molecule has 1 rings (SSSR count). The quantitative estimate of drug-likeness (QED) is 0.630. The molecule has 0 aromatic heterocycles. The van der Waals surface area contributed by atoms with Gasteiger partial charge in [0.2, 0.25) is 5.91 Å². The first kappa shape index (κ1) is 13.7. The summed E-state index contributed by atoms with van der Waals surface area (Å²) in [6, 6.07) is 9.83. The van der Waals surface area contributed by atoms with Gasteiger partial charge in [-0.15, -0.1) is 0 Å². The van der Waals surface area contributed by atoms with Crippen molar-refractivity contribution in [2.45, 2.75) is 13.3 Å². The molecule has 0 heterocycles. The molecule has 1 aromatic rings. The summed E-state index contributed by atoms with van der Waals surface area (Å²) in [6.45, 7) is 2.11. The van der Waals surface area contributed by atoms with Crippen molar-refractivity contribution in [1.29, 1.82) is 5.26 Å². The number of nitriles is 1. The highest BCUT2D eigenvalue weighted by atomic mass is 16.2. The second kappa shape index (κ2) is 7.07. The summed E-state index contributed by atoms with van der Waals surface area (Å²) in [5, 5.41) is 12.3. The van der Waals surface area contributed by atoms with Gasteiger partial charge in [-0.25, -0.2) is 5.43 Å². The summed E-state index contributed by atoms with van der Waals surface area (Å²) in [6.07, 6.45) is 2.09. The first-order valence-electron chi connectivity index (χ1n) is 5.61. The van der Waals surface area contributed by atoms with Crippen LogP contribution in [0, 0.1) is 11.3 Å². The monoisotopic (exact) mass is 244 g/mol. The Morgan fingerprint density at radius 1 is 1.50 bits per heavy atom. The van der Waals surface area contributed by atoms with Crippen LogP contribution in [-0.2, 0) is 4.79 Å². The molecule has 0 unspecified atom stereocenters. The predicted octanol–water partition coefficient (Wildman–Crippen LogP) is 1.51.